The molecule has 0 aliphatic heterocycles. The smallest absolute Gasteiger partial charge is 0.358 e. The van der Waals surface area contributed by atoms with E-state index >= 15 is 0 Å². The molecule has 0 fully saturated rings. The van der Waals surface area contributed by atoms with Crippen molar-refractivity contribution in [3.8, 4) is 11.3 Å². The molecule has 0 bridgehead atoms. The number of aromatic carboxylic acids is 1. The molecule has 0 aliphatic rings. The average Bonchev–Trinajstić information content (AvgIpc) is 2.71. The number of carbonyl (C=O) groups excluding carboxylic acids is 1. The lowest BCUT2D eigenvalue weighted by molar-refractivity contribution is -0.118. The molecule has 98 valence electrons. The lowest BCUT2D eigenvalue weighted by Gasteiger charge is -2.05. The van der Waals surface area contributed by atoms with E-state index in [4.69, 9.17) is 10.8 Å². The Labute approximate surface area is 106 Å². The van der Waals surface area contributed by atoms with Crippen LogP contribution in [0.15, 0.2) is 24.3 Å². The van der Waals surface area contributed by atoms with E-state index in [1.807, 2.05) is 0 Å². The molecule has 2 aromatic rings. The molecule has 0 atom stereocenters. The standard InChI is InChI=1S/C11H9FN4O3/c12-7-3-1-2-6(4-7)10-9(11(18)19)14-15-16(10)5-8(13)17/h1-4H,5H2,(H2,13,17)(H,18,19). The molecule has 0 saturated heterocycles. The first-order valence-electron chi connectivity index (χ1n) is 5.20. The Kier molecular flexibility index (Phi) is 3.23. The van der Waals surface area contributed by atoms with Crippen LogP contribution in [-0.4, -0.2) is 32.0 Å². The number of hydrogen-bond acceptors (Lipinski definition) is 4. The summed E-state index contributed by atoms with van der Waals surface area (Å²) in [5, 5.41) is 16.0. The predicted molar refractivity (Wildman–Crippen MR) is 61.6 cm³/mol. The van der Waals surface area contributed by atoms with Gasteiger partial charge in [-0.1, -0.05) is 17.3 Å². The molecule has 2 rings (SSSR count). The SMILES string of the molecule is NC(=O)Cn1nnc(C(=O)O)c1-c1cccc(F)c1. The molecular formula is C11H9FN4O3. The lowest BCUT2D eigenvalue weighted by atomic mass is 10.1. The van der Waals surface area contributed by atoms with Crippen LogP contribution in [-0.2, 0) is 11.3 Å². The molecule has 1 aromatic heterocycles. The van der Waals surface area contributed by atoms with E-state index in [0.717, 1.165) is 10.7 Å². The minimum absolute atomic E-state index is 0.0331. The number of nitrogens with zero attached hydrogens (tertiary/aromatic N) is 3. The van der Waals surface area contributed by atoms with Gasteiger partial charge in [0.15, 0.2) is 5.69 Å². The van der Waals surface area contributed by atoms with Crippen LogP contribution >= 0.6 is 0 Å². The molecule has 0 saturated carbocycles. The van der Waals surface area contributed by atoms with Crippen molar-refractivity contribution >= 4 is 11.9 Å². The zero-order valence-corrected chi connectivity index (χ0v) is 9.58. The van der Waals surface area contributed by atoms with Crippen LogP contribution in [0.1, 0.15) is 10.5 Å². The van der Waals surface area contributed by atoms with Gasteiger partial charge >= 0.3 is 5.97 Å². The Morgan fingerprint density at radius 1 is 1.42 bits per heavy atom. The van der Waals surface area contributed by atoms with Gasteiger partial charge in [0.05, 0.1) is 0 Å². The second-order valence-corrected chi connectivity index (χ2v) is 3.73. The minimum Gasteiger partial charge on any atom is -0.476 e. The summed E-state index contributed by atoms with van der Waals surface area (Å²) in [7, 11) is 0. The molecular weight excluding hydrogens is 255 g/mol. The van der Waals surface area contributed by atoms with Gasteiger partial charge < -0.3 is 10.8 Å². The molecule has 0 spiro atoms. The third-order valence-electron chi connectivity index (χ3n) is 2.34. The van der Waals surface area contributed by atoms with Crippen molar-refractivity contribution in [1.82, 2.24) is 15.0 Å². The highest BCUT2D eigenvalue weighted by Gasteiger charge is 2.21. The molecule has 0 aliphatic carbocycles. The quantitative estimate of drug-likeness (QED) is 0.823. The van der Waals surface area contributed by atoms with E-state index in [0.29, 0.717) is 0 Å². The van der Waals surface area contributed by atoms with Crippen molar-refractivity contribution in [2.45, 2.75) is 6.54 Å². The summed E-state index contributed by atoms with van der Waals surface area (Å²) in [6.07, 6.45) is 0. The maximum atomic E-state index is 13.2. The van der Waals surface area contributed by atoms with E-state index in [1.165, 1.54) is 18.2 Å². The molecule has 7 nitrogen and oxygen atoms in total. The normalized spacial score (nSPS) is 10.4. The Bertz CT molecular complexity index is 653. The van der Waals surface area contributed by atoms with Crippen molar-refractivity contribution in [2.75, 3.05) is 0 Å². The number of carboxylic acid groups (broad SMARTS) is 1. The summed E-state index contributed by atoms with van der Waals surface area (Å²) < 4.78 is 14.2. The first-order chi connectivity index (χ1) is 8.99. The average molecular weight is 264 g/mol. The Morgan fingerprint density at radius 2 is 2.16 bits per heavy atom. The van der Waals surface area contributed by atoms with Gasteiger partial charge in [0, 0.05) is 5.56 Å². The number of primary amides is 1. The minimum atomic E-state index is -1.32. The Balaban J connectivity index is 2.61. The third kappa shape index (κ3) is 2.57. The summed E-state index contributed by atoms with van der Waals surface area (Å²) in [6, 6.07) is 5.25. The Morgan fingerprint density at radius 3 is 2.74 bits per heavy atom. The number of benzene rings is 1. The van der Waals surface area contributed by atoms with Gasteiger partial charge in [-0.3, -0.25) is 4.79 Å². The van der Waals surface area contributed by atoms with Crippen LogP contribution < -0.4 is 5.73 Å². The molecule has 1 amide bonds. The summed E-state index contributed by atoms with van der Waals surface area (Å²) in [5.74, 6) is -2.57. The van der Waals surface area contributed by atoms with E-state index < -0.39 is 17.7 Å². The largest absolute Gasteiger partial charge is 0.476 e. The first kappa shape index (κ1) is 12.7. The zero-order valence-electron chi connectivity index (χ0n) is 9.58. The predicted octanol–water partition coefficient (Wildman–Crippen LogP) is 0.268. The number of rotatable bonds is 4. The van der Waals surface area contributed by atoms with E-state index in [2.05, 4.69) is 10.3 Å². The summed E-state index contributed by atoms with van der Waals surface area (Å²) in [5.41, 5.74) is 4.96. The summed E-state index contributed by atoms with van der Waals surface area (Å²) in [4.78, 5) is 22.0. The van der Waals surface area contributed by atoms with Crippen LogP contribution in [0.2, 0.25) is 0 Å². The number of nitrogens with two attached hydrogens (primary N) is 1. The van der Waals surface area contributed by atoms with E-state index in [1.54, 1.807) is 0 Å². The van der Waals surface area contributed by atoms with Crippen molar-refractivity contribution in [3.63, 3.8) is 0 Å². The monoisotopic (exact) mass is 264 g/mol. The maximum absolute atomic E-state index is 13.2. The van der Waals surface area contributed by atoms with Gasteiger partial charge in [0.2, 0.25) is 5.91 Å². The molecule has 0 radical (unpaired) electrons. The van der Waals surface area contributed by atoms with Crippen molar-refractivity contribution in [2.24, 2.45) is 5.73 Å². The molecule has 3 N–H and O–H groups in total. The second kappa shape index (κ2) is 4.84. The fraction of sp³-hybridized carbons (Fsp3) is 0.0909. The highest BCUT2D eigenvalue weighted by Crippen LogP contribution is 2.23. The zero-order chi connectivity index (χ0) is 14.0. The van der Waals surface area contributed by atoms with Crippen molar-refractivity contribution < 1.29 is 19.1 Å². The van der Waals surface area contributed by atoms with Crippen LogP contribution in [0.25, 0.3) is 11.3 Å². The van der Waals surface area contributed by atoms with Gasteiger partial charge in [0.25, 0.3) is 0 Å². The van der Waals surface area contributed by atoms with Crippen LogP contribution in [0.3, 0.4) is 0 Å². The molecule has 1 aromatic carbocycles. The molecule has 8 heteroatoms. The highest BCUT2D eigenvalue weighted by atomic mass is 19.1. The van der Waals surface area contributed by atoms with Crippen molar-refractivity contribution in [1.29, 1.82) is 0 Å². The summed E-state index contributed by atoms with van der Waals surface area (Å²) >= 11 is 0. The number of carbonyl (C=O) groups is 2. The number of amides is 1. The number of hydrogen-bond donors (Lipinski definition) is 2. The molecule has 0 unspecified atom stereocenters. The van der Waals surface area contributed by atoms with Crippen LogP contribution in [0.5, 0.6) is 0 Å². The lowest BCUT2D eigenvalue weighted by Crippen LogP contribution is -2.20. The Hall–Kier alpha value is -2.77. The third-order valence-corrected chi connectivity index (χ3v) is 2.34. The summed E-state index contributed by atoms with van der Waals surface area (Å²) in [6.45, 7) is -0.341. The number of halogens is 1. The van der Waals surface area contributed by atoms with Gasteiger partial charge in [-0.05, 0) is 12.1 Å². The van der Waals surface area contributed by atoms with E-state index in [9.17, 15) is 14.0 Å². The second-order valence-electron chi connectivity index (χ2n) is 3.73. The topological polar surface area (TPSA) is 111 Å². The maximum Gasteiger partial charge on any atom is 0.358 e. The molecule has 19 heavy (non-hydrogen) atoms. The number of carboxylic acids is 1. The fourth-order valence-corrected chi connectivity index (χ4v) is 1.64. The van der Waals surface area contributed by atoms with Gasteiger partial charge in [-0.25, -0.2) is 13.9 Å². The van der Waals surface area contributed by atoms with Gasteiger partial charge in [-0.2, -0.15) is 0 Å². The van der Waals surface area contributed by atoms with Crippen molar-refractivity contribution in [3.05, 3.63) is 35.8 Å². The fourth-order valence-electron chi connectivity index (χ4n) is 1.64. The first-order valence-corrected chi connectivity index (χ1v) is 5.20. The number of aromatic nitrogens is 3. The van der Waals surface area contributed by atoms with Gasteiger partial charge in [-0.15, -0.1) is 5.10 Å². The van der Waals surface area contributed by atoms with Crippen LogP contribution in [0, 0.1) is 5.82 Å². The van der Waals surface area contributed by atoms with Crippen LogP contribution in [0.4, 0.5) is 4.39 Å². The highest BCUT2D eigenvalue weighted by molar-refractivity contribution is 5.93. The van der Waals surface area contributed by atoms with E-state index in [-0.39, 0.29) is 23.5 Å². The van der Waals surface area contributed by atoms with Gasteiger partial charge in [0.1, 0.15) is 18.1 Å². The molecule has 1 heterocycles.